The summed E-state index contributed by atoms with van der Waals surface area (Å²) in [6.07, 6.45) is -6.72. The van der Waals surface area contributed by atoms with Gasteiger partial charge in [0.25, 0.3) is 0 Å². The van der Waals surface area contributed by atoms with Gasteiger partial charge in [-0.05, 0) is 13.8 Å². The smallest absolute Gasteiger partial charge is 0.339 e. The minimum absolute atomic E-state index is 0.693. The van der Waals surface area contributed by atoms with Crippen molar-refractivity contribution in [2.45, 2.75) is 50.6 Å². The van der Waals surface area contributed by atoms with Crippen LogP contribution in [-0.2, 0) is 19.1 Å². The van der Waals surface area contributed by atoms with Gasteiger partial charge in [-0.2, -0.15) is 0 Å². The zero-order chi connectivity index (χ0) is 16.0. The van der Waals surface area contributed by atoms with E-state index in [0.717, 1.165) is 0 Å². The Hall–Kier alpha value is -1.30. The van der Waals surface area contributed by atoms with Gasteiger partial charge >= 0.3 is 11.9 Å². The lowest BCUT2D eigenvalue weighted by Gasteiger charge is -2.22. The fraction of sp³-hybridized carbons (Fsp3) is 0.800. The molecule has 0 rings (SSSR count). The quantitative estimate of drug-likeness (QED) is 0.199. The highest BCUT2D eigenvalue weighted by atomic mass is 16.6. The van der Waals surface area contributed by atoms with Crippen LogP contribution in [-0.4, -0.2) is 58.9 Å². The molecule has 0 saturated heterocycles. The number of esters is 2. The molecule has 10 nitrogen and oxygen atoms in total. The third kappa shape index (κ3) is 5.77. The summed E-state index contributed by atoms with van der Waals surface area (Å²) in [6, 6.07) is -1.39. The SMILES string of the molecule is C[C@@H](N)C(N)OC(=O)C(O)C(O)C(=O)OC(N)[C@@H](C)N. The summed E-state index contributed by atoms with van der Waals surface area (Å²) < 4.78 is 9.07. The van der Waals surface area contributed by atoms with Crippen LogP contribution >= 0.6 is 0 Å². The normalized spacial score (nSPS) is 20.2. The molecular formula is C10H22N4O6. The lowest BCUT2D eigenvalue weighted by Crippen LogP contribution is -2.50. The second kappa shape index (κ2) is 8.09. The Kier molecular flexibility index (Phi) is 7.57. The van der Waals surface area contributed by atoms with Gasteiger partial charge in [0.15, 0.2) is 24.7 Å². The van der Waals surface area contributed by atoms with Gasteiger partial charge in [0.05, 0.1) is 12.1 Å². The van der Waals surface area contributed by atoms with E-state index in [4.69, 9.17) is 22.9 Å². The standard InChI is InChI=1S/C10H22N4O6/c1-3(11)7(13)19-9(17)5(15)6(16)10(18)20-8(14)4(2)12/h3-8,15-16H,11-14H2,1-2H3/t3-,4-,5?,6?,7?,8?/m1/s1. The highest BCUT2D eigenvalue weighted by Gasteiger charge is 2.35. The molecule has 0 aromatic heterocycles. The molecule has 0 aliphatic carbocycles. The fourth-order valence-corrected chi connectivity index (χ4v) is 0.880. The van der Waals surface area contributed by atoms with Crippen LogP contribution in [0.1, 0.15) is 13.8 Å². The Morgan fingerprint density at radius 1 is 0.800 bits per heavy atom. The maximum atomic E-state index is 11.4. The molecule has 10 N–H and O–H groups in total. The lowest BCUT2D eigenvalue weighted by molar-refractivity contribution is -0.179. The largest absolute Gasteiger partial charge is 0.443 e. The van der Waals surface area contributed by atoms with Crippen LogP contribution in [0.2, 0.25) is 0 Å². The van der Waals surface area contributed by atoms with Crippen molar-refractivity contribution in [2.75, 3.05) is 0 Å². The summed E-state index contributed by atoms with van der Waals surface area (Å²) in [7, 11) is 0. The van der Waals surface area contributed by atoms with Crippen LogP contribution in [0.5, 0.6) is 0 Å². The van der Waals surface area contributed by atoms with Gasteiger partial charge in [-0.15, -0.1) is 0 Å². The minimum atomic E-state index is -2.17. The fourth-order valence-electron chi connectivity index (χ4n) is 0.880. The molecule has 0 aromatic rings. The van der Waals surface area contributed by atoms with Crippen molar-refractivity contribution in [1.29, 1.82) is 0 Å². The molecule has 0 radical (unpaired) electrons. The number of aliphatic hydroxyl groups excluding tert-OH is 2. The number of hydrogen-bond acceptors (Lipinski definition) is 10. The molecule has 0 fully saturated rings. The van der Waals surface area contributed by atoms with E-state index in [1.165, 1.54) is 13.8 Å². The second-order valence-electron chi connectivity index (χ2n) is 4.41. The molecule has 0 spiro atoms. The number of aliphatic hydroxyl groups is 2. The van der Waals surface area contributed by atoms with Crippen molar-refractivity contribution in [3.8, 4) is 0 Å². The summed E-state index contributed by atoms with van der Waals surface area (Å²) in [4.78, 5) is 22.8. The Labute approximate surface area is 116 Å². The molecule has 0 aliphatic rings. The van der Waals surface area contributed by atoms with Gasteiger partial charge < -0.3 is 31.2 Å². The first-order valence-electron chi connectivity index (χ1n) is 5.87. The van der Waals surface area contributed by atoms with E-state index in [0.29, 0.717) is 0 Å². The first-order valence-corrected chi connectivity index (χ1v) is 5.87. The Balaban J connectivity index is 4.49. The highest BCUT2D eigenvalue weighted by Crippen LogP contribution is 2.03. The number of carbonyl (C=O) groups is 2. The van der Waals surface area contributed by atoms with Crippen molar-refractivity contribution < 1.29 is 29.3 Å². The van der Waals surface area contributed by atoms with Crippen LogP contribution in [0.25, 0.3) is 0 Å². The summed E-state index contributed by atoms with van der Waals surface area (Å²) in [5.41, 5.74) is 21.4. The molecule has 0 bridgehead atoms. The van der Waals surface area contributed by atoms with E-state index in [-0.39, 0.29) is 0 Å². The minimum Gasteiger partial charge on any atom is -0.443 e. The summed E-state index contributed by atoms with van der Waals surface area (Å²) in [5.74, 6) is -2.62. The number of carbonyl (C=O) groups excluding carboxylic acids is 2. The summed E-state index contributed by atoms with van der Waals surface area (Å²) in [6.45, 7) is 2.94. The molecule has 0 heterocycles. The van der Waals surface area contributed by atoms with Gasteiger partial charge in [-0.3, -0.25) is 11.5 Å². The zero-order valence-electron chi connectivity index (χ0n) is 11.3. The Morgan fingerprint density at radius 2 is 1.05 bits per heavy atom. The third-order valence-corrected chi connectivity index (χ3v) is 2.32. The molecule has 4 unspecified atom stereocenters. The molecule has 20 heavy (non-hydrogen) atoms. The average Bonchev–Trinajstić information content (AvgIpc) is 2.36. The second-order valence-corrected chi connectivity index (χ2v) is 4.41. The Bertz CT molecular complexity index is 306. The predicted molar refractivity (Wildman–Crippen MR) is 67.4 cm³/mol. The van der Waals surface area contributed by atoms with E-state index < -0.39 is 48.7 Å². The van der Waals surface area contributed by atoms with Crippen LogP contribution in [0.4, 0.5) is 0 Å². The van der Waals surface area contributed by atoms with Gasteiger partial charge in [0.2, 0.25) is 0 Å². The molecule has 10 heteroatoms. The Morgan fingerprint density at radius 3 is 1.25 bits per heavy atom. The van der Waals surface area contributed by atoms with Crippen molar-refractivity contribution in [2.24, 2.45) is 22.9 Å². The molecular weight excluding hydrogens is 272 g/mol. The van der Waals surface area contributed by atoms with Crippen LogP contribution in [0.3, 0.4) is 0 Å². The van der Waals surface area contributed by atoms with E-state index in [1.807, 2.05) is 0 Å². The summed E-state index contributed by atoms with van der Waals surface area (Å²) in [5, 5.41) is 18.9. The van der Waals surface area contributed by atoms with Crippen LogP contribution in [0.15, 0.2) is 0 Å². The maximum absolute atomic E-state index is 11.4. The maximum Gasteiger partial charge on any atom is 0.339 e. The van der Waals surface area contributed by atoms with Crippen molar-refractivity contribution >= 4 is 11.9 Å². The molecule has 0 saturated carbocycles. The van der Waals surface area contributed by atoms with Gasteiger partial charge in [0, 0.05) is 0 Å². The molecule has 0 aliphatic heterocycles. The molecule has 6 atom stereocenters. The molecule has 118 valence electrons. The topological polar surface area (TPSA) is 197 Å². The number of ether oxygens (including phenoxy) is 2. The van der Waals surface area contributed by atoms with Crippen LogP contribution < -0.4 is 22.9 Å². The monoisotopic (exact) mass is 294 g/mol. The van der Waals surface area contributed by atoms with Crippen molar-refractivity contribution in [1.82, 2.24) is 0 Å². The van der Waals surface area contributed by atoms with E-state index >= 15 is 0 Å². The predicted octanol–water partition coefficient (Wildman–Crippen LogP) is -3.94. The van der Waals surface area contributed by atoms with Gasteiger partial charge in [-0.25, -0.2) is 9.59 Å². The van der Waals surface area contributed by atoms with Gasteiger partial charge in [-0.1, -0.05) is 0 Å². The first kappa shape index (κ1) is 18.7. The lowest BCUT2D eigenvalue weighted by atomic mass is 10.2. The molecule has 0 amide bonds. The first-order chi connectivity index (χ1) is 9.07. The number of hydrogen-bond donors (Lipinski definition) is 6. The van der Waals surface area contributed by atoms with Gasteiger partial charge in [0.1, 0.15) is 0 Å². The van der Waals surface area contributed by atoms with Crippen molar-refractivity contribution in [3.05, 3.63) is 0 Å². The van der Waals surface area contributed by atoms with Crippen molar-refractivity contribution in [3.63, 3.8) is 0 Å². The zero-order valence-corrected chi connectivity index (χ0v) is 11.3. The van der Waals surface area contributed by atoms with E-state index in [2.05, 4.69) is 9.47 Å². The summed E-state index contributed by atoms with van der Waals surface area (Å²) >= 11 is 0. The van der Waals surface area contributed by atoms with E-state index in [1.54, 1.807) is 0 Å². The number of nitrogens with two attached hydrogens (primary N) is 4. The van der Waals surface area contributed by atoms with Crippen LogP contribution in [0, 0.1) is 0 Å². The average molecular weight is 294 g/mol. The molecule has 0 aromatic carbocycles. The third-order valence-electron chi connectivity index (χ3n) is 2.32. The van der Waals surface area contributed by atoms with E-state index in [9.17, 15) is 19.8 Å². The number of rotatable bonds is 7. The highest BCUT2D eigenvalue weighted by molar-refractivity contribution is 5.85.